The molecule has 33 heavy (non-hydrogen) atoms. The number of nitrogens with one attached hydrogen (secondary N) is 2. The number of aromatic amines is 1. The number of H-pyrrole nitrogens is 1. The van der Waals surface area contributed by atoms with E-state index >= 15 is 0 Å². The van der Waals surface area contributed by atoms with Crippen molar-refractivity contribution in [1.29, 1.82) is 0 Å². The summed E-state index contributed by atoms with van der Waals surface area (Å²) in [5.74, 6) is 1.28. The fraction of sp³-hybridized carbons (Fsp3) is 0.464. The van der Waals surface area contributed by atoms with E-state index in [1.54, 1.807) is 12.3 Å². The van der Waals surface area contributed by atoms with E-state index < -0.39 is 0 Å². The number of hydrogen-bond donors (Lipinski definition) is 2. The number of hydrogen-bond acceptors (Lipinski definition) is 3. The van der Waals surface area contributed by atoms with Gasteiger partial charge in [0, 0.05) is 23.0 Å². The first kappa shape index (κ1) is 23.8. The molecular weight excluding hydrogens is 432 g/mol. The minimum absolute atomic E-state index is 0.102. The van der Waals surface area contributed by atoms with Gasteiger partial charge in [-0.25, -0.2) is 0 Å². The van der Waals surface area contributed by atoms with Crippen LogP contribution in [0.5, 0.6) is 5.75 Å². The zero-order valence-corrected chi connectivity index (χ0v) is 20.6. The minimum atomic E-state index is -0.134. The van der Waals surface area contributed by atoms with Crippen LogP contribution >= 0.6 is 11.6 Å². The minimum Gasteiger partial charge on any atom is -0.489 e. The van der Waals surface area contributed by atoms with Gasteiger partial charge in [0.15, 0.2) is 0 Å². The first-order chi connectivity index (χ1) is 15.9. The Bertz CT molecular complexity index is 1120. The van der Waals surface area contributed by atoms with Crippen LogP contribution in [0.1, 0.15) is 58.4 Å². The van der Waals surface area contributed by atoms with Crippen LogP contribution in [0.2, 0.25) is 5.02 Å². The smallest absolute Gasteiger partial charge is 0.255 e. The van der Waals surface area contributed by atoms with Crippen molar-refractivity contribution >= 4 is 22.4 Å². The van der Waals surface area contributed by atoms with Crippen molar-refractivity contribution in [2.24, 2.45) is 5.92 Å². The molecular formula is C28H35ClN2O2. The highest BCUT2D eigenvalue weighted by molar-refractivity contribution is 6.32. The quantitative estimate of drug-likeness (QED) is 0.400. The maximum absolute atomic E-state index is 12.1. The zero-order valence-electron chi connectivity index (χ0n) is 19.9. The molecule has 0 aliphatic heterocycles. The predicted molar refractivity (Wildman–Crippen MR) is 138 cm³/mol. The Hall–Kier alpha value is -2.30. The Morgan fingerprint density at radius 2 is 1.88 bits per heavy atom. The number of halogens is 1. The highest BCUT2D eigenvalue weighted by Gasteiger charge is 2.43. The van der Waals surface area contributed by atoms with Crippen molar-refractivity contribution in [1.82, 2.24) is 10.3 Å². The molecule has 3 aromatic rings. The molecule has 0 bridgehead atoms. The SMILES string of the molecule is CC[C@@H](NCC(C)C)[C@]1(c2ccccc2)CC[C@@H](Oc2cc3cc[nH]c(=O)c3cc2Cl)CC1. The van der Waals surface area contributed by atoms with Crippen molar-refractivity contribution in [3.05, 3.63) is 75.7 Å². The van der Waals surface area contributed by atoms with Crippen LogP contribution in [0.3, 0.4) is 0 Å². The highest BCUT2D eigenvalue weighted by atomic mass is 35.5. The van der Waals surface area contributed by atoms with Crippen LogP contribution in [-0.2, 0) is 5.41 Å². The standard InChI is InChI=1S/C28H35ClN2O2/c1-4-26(31-18-19(2)3)28(21-8-6-5-7-9-21)13-10-22(11-14-28)33-25-16-20-12-15-30-27(32)23(20)17-24(25)29/h5-9,12,15-17,19,22,26,31H,4,10-11,13-14,18H2,1-3H3,(H,30,32)/t22-,26-,28-/m1/s1. The summed E-state index contributed by atoms with van der Waals surface area (Å²) in [6.45, 7) is 7.85. The summed E-state index contributed by atoms with van der Waals surface area (Å²) in [6, 6.07) is 16.9. The van der Waals surface area contributed by atoms with E-state index in [0.717, 1.165) is 44.0 Å². The molecule has 1 aliphatic rings. The van der Waals surface area contributed by atoms with Crippen molar-refractivity contribution in [2.45, 2.75) is 70.4 Å². The van der Waals surface area contributed by atoms with E-state index in [-0.39, 0.29) is 17.1 Å². The molecule has 1 fully saturated rings. The second-order valence-corrected chi connectivity index (χ2v) is 10.2. The first-order valence-electron chi connectivity index (χ1n) is 12.2. The van der Waals surface area contributed by atoms with Crippen LogP contribution < -0.4 is 15.6 Å². The molecule has 1 aliphatic carbocycles. The van der Waals surface area contributed by atoms with Gasteiger partial charge in [-0.2, -0.15) is 0 Å². The first-order valence-corrected chi connectivity index (χ1v) is 12.6. The van der Waals surface area contributed by atoms with Gasteiger partial charge >= 0.3 is 0 Å². The summed E-state index contributed by atoms with van der Waals surface area (Å²) in [7, 11) is 0. The van der Waals surface area contributed by atoms with Gasteiger partial charge in [0.25, 0.3) is 5.56 Å². The summed E-state index contributed by atoms with van der Waals surface area (Å²) in [6.07, 6.45) is 6.94. The van der Waals surface area contributed by atoms with Crippen molar-refractivity contribution < 1.29 is 4.74 Å². The summed E-state index contributed by atoms with van der Waals surface area (Å²) in [5.41, 5.74) is 1.39. The largest absolute Gasteiger partial charge is 0.489 e. The van der Waals surface area contributed by atoms with Crippen molar-refractivity contribution in [3.63, 3.8) is 0 Å². The van der Waals surface area contributed by atoms with Gasteiger partial charge in [-0.1, -0.05) is 62.7 Å². The average molecular weight is 467 g/mol. The van der Waals surface area contributed by atoms with Gasteiger partial charge in [-0.3, -0.25) is 4.79 Å². The molecule has 4 rings (SSSR count). The van der Waals surface area contributed by atoms with Crippen molar-refractivity contribution in [2.75, 3.05) is 6.54 Å². The Balaban J connectivity index is 1.55. The lowest BCUT2D eigenvalue weighted by molar-refractivity contribution is 0.0952. The van der Waals surface area contributed by atoms with E-state index in [1.165, 1.54) is 5.56 Å². The highest BCUT2D eigenvalue weighted by Crippen LogP contribution is 2.44. The third-order valence-electron chi connectivity index (χ3n) is 7.14. The third-order valence-corrected chi connectivity index (χ3v) is 7.44. The molecule has 0 spiro atoms. The summed E-state index contributed by atoms with van der Waals surface area (Å²) >= 11 is 6.50. The van der Waals surface area contributed by atoms with Gasteiger partial charge in [0.1, 0.15) is 5.75 Å². The maximum Gasteiger partial charge on any atom is 0.255 e. The van der Waals surface area contributed by atoms with Gasteiger partial charge < -0.3 is 15.0 Å². The third kappa shape index (κ3) is 5.12. The second kappa shape index (κ2) is 10.3. The molecule has 0 radical (unpaired) electrons. The van der Waals surface area contributed by atoms with Crippen LogP contribution in [0.25, 0.3) is 10.8 Å². The van der Waals surface area contributed by atoms with Crippen LogP contribution in [0.15, 0.2) is 59.5 Å². The normalized spacial score (nSPS) is 21.9. The summed E-state index contributed by atoms with van der Waals surface area (Å²) < 4.78 is 6.41. The van der Waals surface area contributed by atoms with Crippen LogP contribution in [0, 0.1) is 5.92 Å². The average Bonchev–Trinajstić information content (AvgIpc) is 2.82. The molecule has 4 nitrogen and oxygen atoms in total. The molecule has 0 amide bonds. The molecule has 0 saturated heterocycles. The molecule has 1 aromatic heterocycles. The lowest BCUT2D eigenvalue weighted by Crippen LogP contribution is -2.52. The fourth-order valence-electron chi connectivity index (χ4n) is 5.40. The number of rotatable bonds is 8. The number of aromatic nitrogens is 1. The zero-order chi connectivity index (χ0) is 23.4. The molecule has 0 unspecified atom stereocenters. The van der Waals surface area contributed by atoms with Crippen LogP contribution in [0.4, 0.5) is 0 Å². The summed E-state index contributed by atoms with van der Waals surface area (Å²) in [4.78, 5) is 14.8. The van der Waals surface area contributed by atoms with Crippen molar-refractivity contribution in [3.8, 4) is 5.75 Å². The Morgan fingerprint density at radius 1 is 1.15 bits per heavy atom. The molecule has 1 heterocycles. The number of ether oxygens (including phenoxy) is 1. The van der Waals surface area contributed by atoms with E-state index in [2.05, 4.69) is 61.4 Å². The monoisotopic (exact) mass is 466 g/mol. The Morgan fingerprint density at radius 3 is 2.55 bits per heavy atom. The molecule has 1 saturated carbocycles. The van der Waals surface area contributed by atoms with E-state index in [4.69, 9.17) is 16.3 Å². The van der Waals surface area contributed by atoms with Gasteiger partial charge in [-0.05, 0) is 73.7 Å². The molecule has 2 N–H and O–H groups in total. The number of pyridine rings is 1. The fourth-order valence-corrected chi connectivity index (χ4v) is 5.61. The van der Waals surface area contributed by atoms with E-state index in [1.807, 2.05) is 12.1 Å². The molecule has 2 aromatic carbocycles. The topological polar surface area (TPSA) is 54.1 Å². The molecule has 176 valence electrons. The molecule has 1 atom stereocenters. The van der Waals surface area contributed by atoms with Gasteiger partial charge in [0.2, 0.25) is 0 Å². The Kier molecular flexibility index (Phi) is 7.45. The van der Waals surface area contributed by atoms with Gasteiger partial charge in [-0.15, -0.1) is 0 Å². The van der Waals surface area contributed by atoms with E-state index in [9.17, 15) is 4.79 Å². The summed E-state index contributed by atoms with van der Waals surface area (Å²) in [5, 5.41) is 5.80. The second-order valence-electron chi connectivity index (χ2n) is 9.78. The lowest BCUT2D eigenvalue weighted by atomic mass is 9.63. The van der Waals surface area contributed by atoms with Gasteiger partial charge in [0.05, 0.1) is 11.1 Å². The Labute approximate surface area is 201 Å². The van der Waals surface area contributed by atoms with Crippen LogP contribution in [-0.4, -0.2) is 23.7 Å². The maximum atomic E-state index is 12.1. The molecule has 5 heteroatoms. The van der Waals surface area contributed by atoms with E-state index in [0.29, 0.717) is 28.1 Å². The predicted octanol–water partition coefficient (Wildman–Crippen LogP) is 6.47. The number of fused-ring (bicyclic) bond motifs is 1. The number of benzene rings is 2. The lowest BCUT2D eigenvalue weighted by Gasteiger charge is -2.46.